The maximum atomic E-state index is 5.89. The van der Waals surface area contributed by atoms with Gasteiger partial charge in [-0.25, -0.2) is 0 Å². The molecule has 2 nitrogen and oxygen atoms in total. The van der Waals surface area contributed by atoms with Crippen molar-refractivity contribution < 1.29 is 4.74 Å². The third-order valence-electron chi connectivity index (χ3n) is 2.58. The van der Waals surface area contributed by atoms with Gasteiger partial charge in [0.15, 0.2) is 0 Å². The maximum absolute atomic E-state index is 5.89. The SMILES string of the molecule is CC(N)c1ccc(Oc2ccc(Cl)cc2Br)cc1Br. The summed E-state index contributed by atoms with van der Waals surface area (Å²) in [7, 11) is 0. The Morgan fingerprint density at radius 1 is 1.11 bits per heavy atom. The van der Waals surface area contributed by atoms with Gasteiger partial charge in [0.05, 0.1) is 4.47 Å². The Kier molecular flexibility index (Phi) is 4.90. The van der Waals surface area contributed by atoms with Crippen molar-refractivity contribution in [1.29, 1.82) is 0 Å². The fourth-order valence-corrected chi connectivity index (χ4v) is 3.11. The van der Waals surface area contributed by atoms with Crippen LogP contribution >= 0.6 is 43.5 Å². The van der Waals surface area contributed by atoms with E-state index in [0.717, 1.165) is 20.3 Å². The highest BCUT2D eigenvalue weighted by atomic mass is 79.9. The molecule has 0 fully saturated rings. The molecule has 19 heavy (non-hydrogen) atoms. The molecule has 0 heterocycles. The van der Waals surface area contributed by atoms with Crippen LogP contribution in [-0.4, -0.2) is 0 Å². The number of ether oxygens (including phenoxy) is 1. The lowest BCUT2D eigenvalue weighted by molar-refractivity contribution is 0.479. The largest absolute Gasteiger partial charge is 0.456 e. The molecule has 0 amide bonds. The first-order valence-electron chi connectivity index (χ1n) is 5.65. The summed E-state index contributed by atoms with van der Waals surface area (Å²) in [6.45, 7) is 1.94. The highest BCUT2D eigenvalue weighted by molar-refractivity contribution is 9.10. The zero-order chi connectivity index (χ0) is 14.0. The number of hydrogen-bond donors (Lipinski definition) is 1. The highest BCUT2D eigenvalue weighted by Gasteiger charge is 2.08. The van der Waals surface area contributed by atoms with E-state index in [0.29, 0.717) is 10.8 Å². The minimum absolute atomic E-state index is 0.0225. The Balaban J connectivity index is 2.26. The van der Waals surface area contributed by atoms with Gasteiger partial charge in [0.25, 0.3) is 0 Å². The Morgan fingerprint density at radius 2 is 1.84 bits per heavy atom. The normalized spacial score (nSPS) is 12.3. The maximum Gasteiger partial charge on any atom is 0.141 e. The smallest absolute Gasteiger partial charge is 0.141 e. The molecular weight excluding hydrogens is 393 g/mol. The fourth-order valence-electron chi connectivity index (χ4n) is 1.63. The predicted molar refractivity (Wildman–Crippen MR) is 86.0 cm³/mol. The van der Waals surface area contributed by atoms with Crippen LogP contribution < -0.4 is 10.5 Å². The van der Waals surface area contributed by atoms with Gasteiger partial charge in [-0.2, -0.15) is 0 Å². The minimum atomic E-state index is -0.0225. The van der Waals surface area contributed by atoms with Crippen LogP contribution in [0.15, 0.2) is 45.3 Å². The van der Waals surface area contributed by atoms with E-state index in [1.54, 1.807) is 12.1 Å². The third-order valence-corrected chi connectivity index (χ3v) is 4.13. The summed E-state index contributed by atoms with van der Waals surface area (Å²) in [5.74, 6) is 1.45. The first-order chi connectivity index (χ1) is 8.97. The van der Waals surface area contributed by atoms with Crippen LogP contribution in [0, 0.1) is 0 Å². The molecule has 2 aromatic carbocycles. The Morgan fingerprint density at radius 3 is 2.42 bits per heavy atom. The van der Waals surface area contributed by atoms with Crippen molar-refractivity contribution in [2.75, 3.05) is 0 Å². The summed E-state index contributed by atoms with van der Waals surface area (Å²) < 4.78 is 7.55. The minimum Gasteiger partial charge on any atom is -0.456 e. The lowest BCUT2D eigenvalue weighted by atomic mass is 10.1. The van der Waals surface area contributed by atoms with Crippen LogP contribution in [0.25, 0.3) is 0 Å². The number of nitrogens with two attached hydrogens (primary N) is 1. The van der Waals surface area contributed by atoms with Crippen molar-refractivity contribution in [3.8, 4) is 11.5 Å². The van der Waals surface area contributed by atoms with Gasteiger partial charge in [-0.15, -0.1) is 0 Å². The number of rotatable bonds is 3. The summed E-state index contributed by atoms with van der Waals surface area (Å²) in [6, 6.07) is 11.1. The summed E-state index contributed by atoms with van der Waals surface area (Å²) in [6.07, 6.45) is 0. The molecular formula is C14H12Br2ClNO. The second-order valence-electron chi connectivity index (χ2n) is 4.15. The van der Waals surface area contributed by atoms with E-state index >= 15 is 0 Å². The molecule has 0 spiro atoms. The molecule has 1 unspecified atom stereocenters. The molecule has 0 aliphatic rings. The van der Waals surface area contributed by atoms with Crippen LogP contribution in [0.4, 0.5) is 0 Å². The molecule has 0 aromatic heterocycles. The first kappa shape index (κ1) is 14.9. The van der Waals surface area contributed by atoms with E-state index < -0.39 is 0 Å². The molecule has 0 aliphatic heterocycles. The molecule has 0 saturated carbocycles. The number of benzene rings is 2. The first-order valence-corrected chi connectivity index (χ1v) is 7.61. The Bertz CT molecular complexity index is 602. The molecule has 5 heteroatoms. The molecule has 0 radical (unpaired) electrons. The monoisotopic (exact) mass is 403 g/mol. The van der Waals surface area contributed by atoms with Crippen LogP contribution in [0.1, 0.15) is 18.5 Å². The van der Waals surface area contributed by atoms with E-state index in [2.05, 4.69) is 31.9 Å². The van der Waals surface area contributed by atoms with Crippen molar-refractivity contribution >= 4 is 43.5 Å². The van der Waals surface area contributed by atoms with Crippen LogP contribution in [0.3, 0.4) is 0 Å². The van der Waals surface area contributed by atoms with Crippen LogP contribution in [0.5, 0.6) is 11.5 Å². The standard InChI is InChI=1S/C14H12Br2ClNO/c1-8(18)11-4-3-10(7-12(11)15)19-14-5-2-9(17)6-13(14)16/h2-8H,18H2,1H3. The van der Waals surface area contributed by atoms with Crippen molar-refractivity contribution in [2.45, 2.75) is 13.0 Å². The molecule has 100 valence electrons. The molecule has 2 aromatic rings. The third kappa shape index (κ3) is 3.72. The number of halogens is 3. The highest BCUT2D eigenvalue weighted by Crippen LogP contribution is 2.34. The quantitative estimate of drug-likeness (QED) is 0.713. The Hall–Kier alpha value is -0.550. The summed E-state index contributed by atoms with van der Waals surface area (Å²) in [4.78, 5) is 0. The van der Waals surface area contributed by atoms with Gasteiger partial charge in [0.1, 0.15) is 11.5 Å². The van der Waals surface area contributed by atoms with Crippen molar-refractivity contribution in [1.82, 2.24) is 0 Å². The van der Waals surface area contributed by atoms with Gasteiger partial charge in [0, 0.05) is 15.5 Å². The van der Waals surface area contributed by atoms with Gasteiger partial charge in [0.2, 0.25) is 0 Å². The summed E-state index contributed by atoms with van der Waals surface area (Å²) >= 11 is 12.8. The molecule has 0 saturated heterocycles. The topological polar surface area (TPSA) is 35.2 Å². The van der Waals surface area contributed by atoms with Gasteiger partial charge in [-0.1, -0.05) is 33.6 Å². The average molecular weight is 406 g/mol. The van der Waals surface area contributed by atoms with Crippen LogP contribution in [-0.2, 0) is 0 Å². The summed E-state index contributed by atoms with van der Waals surface area (Å²) in [5, 5.41) is 0.660. The zero-order valence-corrected chi connectivity index (χ0v) is 14.1. The van der Waals surface area contributed by atoms with E-state index in [9.17, 15) is 0 Å². The fraction of sp³-hybridized carbons (Fsp3) is 0.143. The molecule has 0 aliphatic carbocycles. The summed E-state index contributed by atoms with van der Waals surface area (Å²) in [5.41, 5.74) is 6.91. The average Bonchev–Trinajstić information content (AvgIpc) is 2.32. The van der Waals surface area contributed by atoms with E-state index in [1.807, 2.05) is 31.2 Å². The van der Waals surface area contributed by atoms with E-state index in [1.165, 1.54) is 0 Å². The van der Waals surface area contributed by atoms with Gasteiger partial charge in [-0.3, -0.25) is 0 Å². The second-order valence-corrected chi connectivity index (χ2v) is 6.29. The molecule has 2 rings (SSSR count). The lowest BCUT2D eigenvalue weighted by Gasteiger charge is -2.12. The Labute approximate surface area is 134 Å². The van der Waals surface area contributed by atoms with E-state index in [-0.39, 0.29) is 6.04 Å². The van der Waals surface area contributed by atoms with Gasteiger partial charge >= 0.3 is 0 Å². The van der Waals surface area contributed by atoms with Gasteiger partial charge < -0.3 is 10.5 Å². The molecule has 0 bridgehead atoms. The van der Waals surface area contributed by atoms with Crippen molar-refractivity contribution in [3.05, 3.63) is 55.9 Å². The molecule has 2 N–H and O–H groups in total. The second kappa shape index (κ2) is 6.27. The van der Waals surface area contributed by atoms with Gasteiger partial charge in [-0.05, 0) is 58.7 Å². The lowest BCUT2D eigenvalue weighted by Crippen LogP contribution is -2.05. The van der Waals surface area contributed by atoms with Crippen molar-refractivity contribution in [2.24, 2.45) is 5.73 Å². The van der Waals surface area contributed by atoms with Crippen LogP contribution in [0.2, 0.25) is 5.02 Å². The molecule has 1 atom stereocenters. The zero-order valence-electron chi connectivity index (χ0n) is 10.2. The number of hydrogen-bond acceptors (Lipinski definition) is 2. The van der Waals surface area contributed by atoms with E-state index in [4.69, 9.17) is 22.1 Å². The van der Waals surface area contributed by atoms with Crippen molar-refractivity contribution in [3.63, 3.8) is 0 Å². The predicted octanol–water partition coefficient (Wildman–Crippen LogP) is 5.68.